The second-order valence-corrected chi connectivity index (χ2v) is 8.72. The van der Waals surface area contributed by atoms with Crippen molar-refractivity contribution >= 4 is 40.4 Å². The summed E-state index contributed by atoms with van der Waals surface area (Å²) in [6.07, 6.45) is 2.28. The molecule has 3 aromatic rings. The van der Waals surface area contributed by atoms with E-state index in [1.807, 2.05) is 30.3 Å². The number of anilines is 2. The predicted octanol–water partition coefficient (Wildman–Crippen LogP) is 6.71. The molecule has 3 aromatic carbocycles. The molecule has 0 aliphatic carbocycles. The van der Waals surface area contributed by atoms with Crippen LogP contribution in [-0.2, 0) is 0 Å². The van der Waals surface area contributed by atoms with Crippen molar-refractivity contribution in [2.45, 2.75) is 10.1 Å². The van der Waals surface area contributed by atoms with Crippen LogP contribution >= 0.6 is 23.4 Å². The Kier molecular flexibility index (Phi) is 5.74. The number of nitrogens with zero attached hydrogens (tertiary/aromatic N) is 1. The molecular formula is C24H23ClN2OS. The summed E-state index contributed by atoms with van der Waals surface area (Å²) in [6, 6.07) is 22.8. The number of benzene rings is 3. The van der Waals surface area contributed by atoms with Crippen LogP contribution in [0.2, 0.25) is 5.02 Å². The molecule has 1 N–H and O–H groups in total. The van der Waals surface area contributed by atoms with E-state index in [-0.39, 0.29) is 5.25 Å². The minimum Gasteiger partial charge on any atom is -0.497 e. The molecule has 1 aliphatic rings. The molecule has 29 heavy (non-hydrogen) atoms. The molecule has 1 aliphatic heterocycles. The maximum Gasteiger partial charge on any atom is 0.118 e. The Labute approximate surface area is 181 Å². The van der Waals surface area contributed by atoms with Crippen LogP contribution in [0.4, 0.5) is 11.4 Å². The molecule has 0 aromatic heterocycles. The maximum atomic E-state index is 6.29. The van der Waals surface area contributed by atoms with Crippen LogP contribution in [0.5, 0.6) is 5.75 Å². The monoisotopic (exact) mass is 422 g/mol. The van der Waals surface area contributed by atoms with E-state index >= 15 is 0 Å². The van der Waals surface area contributed by atoms with Crippen molar-refractivity contribution in [1.29, 1.82) is 0 Å². The van der Waals surface area contributed by atoms with Gasteiger partial charge in [-0.25, -0.2) is 0 Å². The first kappa shape index (κ1) is 19.7. The molecule has 3 nitrogen and oxygen atoms in total. The molecule has 0 saturated carbocycles. The Bertz CT molecular complexity index is 1030. The summed E-state index contributed by atoms with van der Waals surface area (Å²) in [5.74, 6) is 0.848. The fourth-order valence-corrected chi connectivity index (χ4v) is 4.72. The Hall–Kier alpha value is -2.56. The number of hydrogen-bond donors (Lipinski definition) is 1. The van der Waals surface area contributed by atoms with Crippen LogP contribution in [0.3, 0.4) is 0 Å². The topological polar surface area (TPSA) is 24.5 Å². The highest BCUT2D eigenvalue weighted by Crippen LogP contribution is 2.45. The molecule has 4 rings (SSSR count). The van der Waals surface area contributed by atoms with Gasteiger partial charge in [-0.2, -0.15) is 0 Å². The Morgan fingerprint density at radius 3 is 2.34 bits per heavy atom. The van der Waals surface area contributed by atoms with E-state index in [1.54, 1.807) is 18.9 Å². The largest absolute Gasteiger partial charge is 0.497 e. The van der Waals surface area contributed by atoms with Gasteiger partial charge in [0, 0.05) is 35.4 Å². The molecule has 0 fully saturated rings. The second kappa shape index (κ2) is 8.44. The predicted molar refractivity (Wildman–Crippen MR) is 125 cm³/mol. The van der Waals surface area contributed by atoms with Crippen LogP contribution in [0.15, 0.2) is 77.7 Å². The average Bonchev–Trinajstić information content (AvgIpc) is 2.93. The number of hydrogen-bond acceptors (Lipinski definition) is 4. The summed E-state index contributed by atoms with van der Waals surface area (Å²) >= 11 is 8.09. The van der Waals surface area contributed by atoms with E-state index in [0.29, 0.717) is 0 Å². The van der Waals surface area contributed by atoms with E-state index in [4.69, 9.17) is 16.3 Å². The van der Waals surface area contributed by atoms with Crippen molar-refractivity contribution in [3.63, 3.8) is 0 Å². The molecule has 1 atom stereocenters. The third kappa shape index (κ3) is 4.39. The highest BCUT2D eigenvalue weighted by molar-refractivity contribution is 7.99. The van der Waals surface area contributed by atoms with Gasteiger partial charge in [-0.3, -0.25) is 0 Å². The first-order valence-electron chi connectivity index (χ1n) is 9.40. The van der Waals surface area contributed by atoms with Gasteiger partial charge in [-0.15, -0.1) is 11.8 Å². The van der Waals surface area contributed by atoms with Crippen molar-refractivity contribution in [3.05, 3.63) is 89.0 Å². The fourth-order valence-electron chi connectivity index (χ4n) is 3.27. The number of rotatable bonds is 4. The van der Waals surface area contributed by atoms with E-state index in [2.05, 4.69) is 66.8 Å². The van der Waals surface area contributed by atoms with Crippen molar-refractivity contribution in [1.82, 2.24) is 0 Å². The Balaban J connectivity index is 1.76. The summed E-state index contributed by atoms with van der Waals surface area (Å²) < 4.78 is 5.31. The van der Waals surface area contributed by atoms with Crippen molar-refractivity contribution in [3.8, 4) is 5.75 Å². The lowest BCUT2D eigenvalue weighted by Crippen LogP contribution is -2.08. The molecule has 0 unspecified atom stereocenters. The molecule has 1 heterocycles. The van der Waals surface area contributed by atoms with E-state index < -0.39 is 0 Å². The highest BCUT2D eigenvalue weighted by Gasteiger charge is 2.20. The number of halogens is 1. The summed E-state index contributed by atoms with van der Waals surface area (Å²) in [7, 11) is 5.79. The zero-order valence-electron chi connectivity index (χ0n) is 16.6. The van der Waals surface area contributed by atoms with Crippen molar-refractivity contribution < 1.29 is 4.74 Å². The molecule has 0 bridgehead atoms. The number of ether oxygens (including phenoxy) is 1. The van der Waals surface area contributed by atoms with Gasteiger partial charge in [0.05, 0.1) is 18.0 Å². The minimum absolute atomic E-state index is 0.163. The molecule has 5 heteroatoms. The highest BCUT2D eigenvalue weighted by atomic mass is 35.5. The quantitative estimate of drug-likeness (QED) is 0.504. The first-order valence-corrected chi connectivity index (χ1v) is 10.7. The smallest absolute Gasteiger partial charge is 0.118 e. The van der Waals surface area contributed by atoms with Gasteiger partial charge in [-0.05, 0) is 71.8 Å². The number of fused-ring (bicyclic) bond motifs is 1. The SMILES string of the molecule is COc1ccc(C2=C[C@@H](c3ccc(N(C)C)cc3)Sc3cc(Cl)ccc3N2)cc1. The molecule has 0 amide bonds. The van der Waals surface area contributed by atoms with Gasteiger partial charge >= 0.3 is 0 Å². The summed E-state index contributed by atoms with van der Waals surface area (Å²) in [5.41, 5.74) is 5.69. The molecule has 0 saturated heterocycles. The summed E-state index contributed by atoms with van der Waals surface area (Å²) in [5, 5.41) is 4.51. The first-order chi connectivity index (χ1) is 14.0. The van der Waals surface area contributed by atoms with E-state index in [9.17, 15) is 0 Å². The summed E-state index contributed by atoms with van der Waals surface area (Å²) in [6.45, 7) is 0. The van der Waals surface area contributed by atoms with Crippen LogP contribution in [-0.4, -0.2) is 21.2 Å². The standard InChI is InChI=1S/C24H23ClN2OS/c1-27(2)19-9-4-17(5-10-19)23-15-22(16-6-11-20(28-3)12-7-16)26-21-13-8-18(25)14-24(21)29-23/h4-15,23,26H,1-3H3/t23-/m0/s1. The van der Waals surface area contributed by atoms with Gasteiger partial charge in [-0.1, -0.05) is 23.7 Å². The molecule has 0 radical (unpaired) electrons. The minimum atomic E-state index is 0.163. The normalized spacial score (nSPS) is 15.6. The third-order valence-corrected chi connectivity index (χ3v) is 6.41. The lowest BCUT2D eigenvalue weighted by Gasteiger charge is -2.16. The Morgan fingerprint density at radius 1 is 0.966 bits per heavy atom. The number of thioether (sulfide) groups is 1. The van der Waals surface area contributed by atoms with Gasteiger partial charge < -0.3 is 15.0 Å². The van der Waals surface area contributed by atoms with Crippen LogP contribution in [0.25, 0.3) is 5.70 Å². The van der Waals surface area contributed by atoms with Crippen LogP contribution in [0, 0.1) is 0 Å². The number of methoxy groups -OCH3 is 1. The van der Waals surface area contributed by atoms with E-state index in [0.717, 1.165) is 32.6 Å². The van der Waals surface area contributed by atoms with Gasteiger partial charge in [0.1, 0.15) is 5.75 Å². The second-order valence-electron chi connectivity index (χ2n) is 7.10. The maximum absolute atomic E-state index is 6.29. The number of nitrogens with one attached hydrogen (secondary N) is 1. The lowest BCUT2D eigenvalue weighted by molar-refractivity contribution is 0.415. The van der Waals surface area contributed by atoms with E-state index in [1.165, 1.54) is 11.3 Å². The van der Waals surface area contributed by atoms with Gasteiger partial charge in [0.15, 0.2) is 0 Å². The molecular weight excluding hydrogens is 400 g/mol. The zero-order valence-corrected chi connectivity index (χ0v) is 18.2. The lowest BCUT2D eigenvalue weighted by atomic mass is 10.1. The summed E-state index contributed by atoms with van der Waals surface area (Å²) in [4.78, 5) is 3.25. The molecule has 148 valence electrons. The third-order valence-electron chi connectivity index (χ3n) is 4.92. The molecule has 0 spiro atoms. The fraction of sp³-hybridized carbons (Fsp3) is 0.167. The van der Waals surface area contributed by atoms with Crippen LogP contribution in [0.1, 0.15) is 16.4 Å². The van der Waals surface area contributed by atoms with Crippen LogP contribution < -0.4 is 15.0 Å². The average molecular weight is 423 g/mol. The zero-order chi connectivity index (χ0) is 20.4. The van der Waals surface area contributed by atoms with Gasteiger partial charge in [0.2, 0.25) is 0 Å². The van der Waals surface area contributed by atoms with Crippen molar-refractivity contribution in [2.24, 2.45) is 0 Å². The Morgan fingerprint density at radius 2 is 1.69 bits per heavy atom. The van der Waals surface area contributed by atoms with Crippen molar-refractivity contribution in [2.75, 3.05) is 31.4 Å². The van der Waals surface area contributed by atoms with Gasteiger partial charge in [0.25, 0.3) is 0 Å².